The number of tetrazole rings is 1. The van der Waals surface area contributed by atoms with E-state index in [0.717, 1.165) is 10.5 Å². The van der Waals surface area contributed by atoms with Crippen molar-refractivity contribution in [2.24, 2.45) is 16.5 Å². The second-order valence-electron chi connectivity index (χ2n) is 7.62. The number of hydrogen-bond donors (Lipinski definition) is 4. The Morgan fingerprint density at radius 1 is 1.34 bits per heavy atom. The molecule has 0 spiro atoms. The molecule has 1 heterocycles. The lowest BCUT2D eigenvalue weighted by Gasteiger charge is -2.37. The zero-order chi connectivity index (χ0) is 23.7. The summed E-state index contributed by atoms with van der Waals surface area (Å²) in [7, 11) is 1.44. The zero-order valence-corrected chi connectivity index (χ0v) is 18.5. The number of likely N-dealkylation sites (N-methyl/N-ethyl adjacent to an activating group) is 1. The molecule has 2 aromatic rings. The van der Waals surface area contributed by atoms with E-state index in [2.05, 4.69) is 30.9 Å². The van der Waals surface area contributed by atoms with Crippen LogP contribution in [0.3, 0.4) is 0 Å². The lowest BCUT2D eigenvalue weighted by molar-refractivity contribution is -0.132. The molecule has 0 fully saturated rings. The first-order valence-corrected chi connectivity index (χ1v) is 10.2. The SMILES string of the molecule is CCCC(N=C(N)CF)C(C)(NC(=O)[C@@H](N)Cc1ccccc1)C(=O)N(C)c1nn[nH]n1. The number of amides is 2. The Bertz CT molecular complexity index is 907. The first-order chi connectivity index (χ1) is 15.2. The molecule has 0 radical (unpaired) electrons. The number of benzene rings is 1. The van der Waals surface area contributed by atoms with E-state index in [0.29, 0.717) is 12.8 Å². The first kappa shape index (κ1) is 24.9. The maximum absolute atomic E-state index is 13.5. The molecule has 0 aliphatic heterocycles. The molecule has 0 aliphatic carbocycles. The van der Waals surface area contributed by atoms with Crippen molar-refractivity contribution >= 4 is 23.6 Å². The molecule has 1 aromatic heterocycles. The number of nitrogens with zero attached hydrogens (tertiary/aromatic N) is 5. The molecule has 12 heteroatoms. The minimum absolute atomic E-state index is 0.00162. The zero-order valence-electron chi connectivity index (χ0n) is 18.5. The molecular formula is C20H30FN9O2. The van der Waals surface area contributed by atoms with Crippen LogP contribution in [0.4, 0.5) is 10.3 Å². The van der Waals surface area contributed by atoms with Crippen molar-refractivity contribution in [3.63, 3.8) is 0 Å². The van der Waals surface area contributed by atoms with Gasteiger partial charge in [0, 0.05) is 7.05 Å². The van der Waals surface area contributed by atoms with Crippen molar-refractivity contribution in [2.45, 2.75) is 50.7 Å². The Hall–Kier alpha value is -3.41. The molecule has 2 unspecified atom stereocenters. The molecule has 3 atom stereocenters. The normalized spacial score (nSPS) is 15.5. The molecule has 0 saturated carbocycles. The average Bonchev–Trinajstić information content (AvgIpc) is 3.33. The predicted octanol–water partition coefficient (Wildman–Crippen LogP) is 0.103. The summed E-state index contributed by atoms with van der Waals surface area (Å²) in [4.78, 5) is 31.9. The van der Waals surface area contributed by atoms with Crippen LogP contribution in [0.1, 0.15) is 32.3 Å². The van der Waals surface area contributed by atoms with E-state index in [4.69, 9.17) is 11.5 Å². The van der Waals surface area contributed by atoms with E-state index in [9.17, 15) is 14.0 Å². The number of nitrogens with two attached hydrogens (primary N) is 2. The summed E-state index contributed by atoms with van der Waals surface area (Å²) in [5, 5.41) is 16.1. The highest BCUT2D eigenvalue weighted by atomic mass is 19.1. The summed E-state index contributed by atoms with van der Waals surface area (Å²) in [6, 6.07) is 7.49. The average molecular weight is 448 g/mol. The van der Waals surface area contributed by atoms with E-state index in [-0.39, 0.29) is 18.2 Å². The quantitative estimate of drug-likeness (QED) is 0.280. The predicted molar refractivity (Wildman–Crippen MR) is 119 cm³/mol. The van der Waals surface area contributed by atoms with Gasteiger partial charge in [0.15, 0.2) is 0 Å². The second kappa shape index (κ2) is 11.3. The number of rotatable bonds is 11. The number of aromatic nitrogens is 4. The minimum Gasteiger partial charge on any atom is -0.385 e. The second-order valence-corrected chi connectivity index (χ2v) is 7.62. The van der Waals surface area contributed by atoms with Gasteiger partial charge in [0.2, 0.25) is 5.91 Å². The molecule has 32 heavy (non-hydrogen) atoms. The third-order valence-electron chi connectivity index (χ3n) is 5.09. The van der Waals surface area contributed by atoms with Crippen LogP contribution in [0.15, 0.2) is 35.3 Å². The fourth-order valence-corrected chi connectivity index (χ4v) is 3.32. The summed E-state index contributed by atoms with van der Waals surface area (Å²) >= 11 is 0. The summed E-state index contributed by atoms with van der Waals surface area (Å²) in [5.41, 5.74) is 11.0. The number of nitrogens with one attached hydrogen (secondary N) is 2. The molecule has 11 nitrogen and oxygen atoms in total. The summed E-state index contributed by atoms with van der Waals surface area (Å²) in [5.74, 6) is -1.40. The van der Waals surface area contributed by atoms with Gasteiger partial charge in [0.25, 0.3) is 11.9 Å². The van der Waals surface area contributed by atoms with Crippen molar-refractivity contribution in [3.8, 4) is 0 Å². The Labute approximate surface area is 185 Å². The Kier molecular flexibility index (Phi) is 8.76. The lowest BCUT2D eigenvalue weighted by Crippen LogP contribution is -2.65. The van der Waals surface area contributed by atoms with Gasteiger partial charge < -0.3 is 16.8 Å². The van der Waals surface area contributed by atoms with Gasteiger partial charge in [-0.05, 0) is 30.5 Å². The molecule has 174 valence electrons. The maximum atomic E-state index is 13.5. The fourth-order valence-electron chi connectivity index (χ4n) is 3.32. The van der Waals surface area contributed by atoms with Crippen molar-refractivity contribution in [1.82, 2.24) is 25.9 Å². The van der Waals surface area contributed by atoms with Crippen LogP contribution in [-0.4, -0.2) is 69.6 Å². The van der Waals surface area contributed by atoms with Crippen LogP contribution in [0.25, 0.3) is 0 Å². The lowest BCUT2D eigenvalue weighted by atomic mass is 9.87. The monoisotopic (exact) mass is 447 g/mol. The largest absolute Gasteiger partial charge is 0.385 e. The number of carbonyl (C=O) groups is 2. The highest BCUT2D eigenvalue weighted by molar-refractivity contribution is 6.02. The van der Waals surface area contributed by atoms with Crippen molar-refractivity contribution in [3.05, 3.63) is 35.9 Å². The van der Waals surface area contributed by atoms with E-state index in [1.54, 1.807) is 0 Å². The van der Waals surface area contributed by atoms with Crippen LogP contribution in [-0.2, 0) is 16.0 Å². The number of hydrogen-bond acceptors (Lipinski definition) is 7. The van der Waals surface area contributed by atoms with Crippen LogP contribution in [0, 0.1) is 0 Å². The van der Waals surface area contributed by atoms with Crippen LogP contribution >= 0.6 is 0 Å². The van der Waals surface area contributed by atoms with Gasteiger partial charge in [-0.25, -0.2) is 4.39 Å². The Morgan fingerprint density at radius 3 is 2.59 bits per heavy atom. The smallest absolute Gasteiger partial charge is 0.272 e. The van der Waals surface area contributed by atoms with Gasteiger partial charge >= 0.3 is 0 Å². The minimum atomic E-state index is -1.60. The molecule has 2 amide bonds. The number of anilines is 1. The molecule has 2 rings (SSSR count). The molecule has 0 saturated heterocycles. The van der Waals surface area contributed by atoms with E-state index < -0.39 is 36.1 Å². The van der Waals surface area contributed by atoms with E-state index >= 15 is 0 Å². The highest BCUT2D eigenvalue weighted by Gasteiger charge is 2.46. The number of aromatic amines is 1. The van der Waals surface area contributed by atoms with Crippen LogP contribution in [0.5, 0.6) is 0 Å². The van der Waals surface area contributed by atoms with Gasteiger partial charge in [0.05, 0.1) is 12.1 Å². The van der Waals surface area contributed by atoms with Gasteiger partial charge in [0.1, 0.15) is 18.0 Å². The summed E-state index contributed by atoms with van der Waals surface area (Å²) < 4.78 is 13.1. The maximum Gasteiger partial charge on any atom is 0.272 e. The first-order valence-electron chi connectivity index (χ1n) is 10.2. The van der Waals surface area contributed by atoms with Crippen molar-refractivity contribution < 1.29 is 14.0 Å². The van der Waals surface area contributed by atoms with Crippen LogP contribution in [0.2, 0.25) is 0 Å². The number of aliphatic imine (C=N–C) groups is 1. The summed E-state index contributed by atoms with van der Waals surface area (Å²) in [6.45, 7) is 2.41. The number of H-pyrrole nitrogens is 1. The number of halogens is 1. The molecule has 1 aromatic carbocycles. The van der Waals surface area contributed by atoms with Crippen molar-refractivity contribution in [1.29, 1.82) is 0 Å². The molecule has 0 bridgehead atoms. The number of amidine groups is 1. The van der Waals surface area contributed by atoms with Gasteiger partial charge in [-0.2, -0.15) is 5.21 Å². The van der Waals surface area contributed by atoms with Gasteiger partial charge in [-0.1, -0.05) is 48.8 Å². The van der Waals surface area contributed by atoms with E-state index in [1.807, 2.05) is 37.3 Å². The van der Waals surface area contributed by atoms with E-state index in [1.165, 1.54) is 14.0 Å². The van der Waals surface area contributed by atoms with Gasteiger partial charge in [-0.15, -0.1) is 5.10 Å². The number of alkyl halides is 1. The Balaban J connectivity index is 2.37. The molecule has 6 N–H and O–H groups in total. The fraction of sp³-hybridized carbons (Fsp3) is 0.500. The summed E-state index contributed by atoms with van der Waals surface area (Å²) in [6.07, 6.45) is 1.23. The van der Waals surface area contributed by atoms with Crippen molar-refractivity contribution in [2.75, 3.05) is 18.6 Å². The molecule has 0 aliphatic rings. The highest BCUT2D eigenvalue weighted by Crippen LogP contribution is 2.23. The van der Waals surface area contributed by atoms with Crippen LogP contribution < -0.4 is 21.7 Å². The number of carbonyl (C=O) groups excluding carboxylic acids is 2. The molecular weight excluding hydrogens is 417 g/mol. The topological polar surface area (TPSA) is 168 Å². The third kappa shape index (κ3) is 6.06. The Morgan fingerprint density at radius 2 is 2.03 bits per heavy atom. The van der Waals surface area contributed by atoms with Gasteiger partial charge in [-0.3, -0.25) is 19.5 Å². The standard InChI is InChI=1S/C20H30FN9O2/c1-4-8-15(24-16(23)12-21)20(2,18(32)30(3)19-26-28-29-27-19)25-17(31)14(22)11-13-9-6-5-7-10-13/h5-7,9-10,14-15H,4,8,11-12,22H2,1-3H3,(H2,23,24)(H,25,31)(H,26,27,28,29)/t14-,15?,20?/m0/s1. The third-order valence-corrected chi connectivity index (χ3v) is 5.09.